The Morgan fingerprint density at radius 1 is 1.25 bits per heavy atom. The van der Waals surface area contributed by atoms with Crippen LogP contribution in [0.15, 0.2) is 18.2 Å². The molecule has 0 amide bonds. The van der Waals surface area contributed by atoms with E-state index in [-0.39, 0.29) is 0 Å². The van der Waals surface area contributed by atoms with Crippen molar-refractivity contribution in [2.45, 2.75) is 32.2 Å². The van der Waals surface area contributed by atoms with Crippen LogP contribution in [0.3, 0.4) is 0 Å². The normalized spacial score (nSPS) is 20.2. The molecule has 20 heavy (non-hydrogen) atoms. The summed E-state index contributed by atoms with van der Waals surface area (Å²) in [6.45, 7) is 4.05. The second-order valence-electron chi connectivity index (χ2n) is 5.43. The van der Waals surface area contributed by atoms with E-state index < -0.39 is 10.0 Å². The molecule has 112 valence electrons. The Morgan fingerprint density at radius 3 is 2.75 bits per heavy atom. The van der Waals surface area contributed by atoms with Gasteiger partial charge < -0.3 is 10.6 Å². The Hall–Kier alpha value is -1.27. The number of nitrogens with one attached hydrogen (secondary N) is 3. The number of benzene rings is 1. The maximum absolute atomic E-state index is 11.3. The minimum atomic E-state index is -3.22. The number of sulfonamides is 1. The minimum absolute atomic E-state index is 0.484. The van der Waals surface area contributed by atoms with Crippen molar-refractivity contribution < 1.29 is 8.42 Å². The third kappa shape index (κ3) is 4.68. The summed E-state index contributed by atoms with van der Waals surface area (Å²) in [6.07, 6.45) is 4.62. The summed E-state index contributed by atoms with van der Waals surface area (Å²) in [7, 11) is -3.22. The Morgan fingerprint density at radius 2 is 2.05 bits per heavy atom. The van der Waals surface area contributed by atoms with E-state index in [2.05, 4.69) is 15.4 Å². The molecule has 1 aromatic carbocycles. The molecule has 0 aliphatic carbocycles. The van der Waals surface area contributed by atoms with Crippen molar-refractivity contribution in [3.05, 3.63) is 23.8 Å². The van der Waals surface area contributed by atoms with Crippen LogP contribution in [-0.2, 0) is 10.0 Å². The summed E-state index contributed by atoms with van der Waals surface area (Å²) in [6, 6.07) is 6.22. The standard InChI is InChI=1S/C14H23N3O2S/c1-11-10-13(5-6-14(11)17-20(2,18)19)16-12-4-3-8-15-9-7-12/h5-6,10,12,15-17H,3-4,7-9H2,1-2H3. The van der Waals surface area contributed by atoms with Crippen molar-refractivity contribution >= 4 is 21.4 Å². The van der Waals surface area contributed by atoms with Crippen molar-refractivity contribution in [2.24, 2.45) is 0 Å². The molecule has 1 aliphatic heterocycles. The SMILES string of the molecule is Cc1cc(NC2CCCNCC2)ccc1NS(C)(=O)=O. The highest BCUT2D eigenvalue weighted by Crippen LogP contribution is 2.22. The first-order valence-corrected chi connectivity index (χ1v) is 8.89. The van der Waals surface area contributed by atoms with Crippen molar-refractivity contribution in [1.29, 1.82) is 0 Å². The average Bonchev–Trinajstić information content (AvgIpc) is 2.60. The van der Waals surface area contributed by atoms with Crippen LogP contribution < -0.4 is 15.4 Å². The molecule has 6 heteroatoms. The number of aryl methyl sites for hydroxylation is 1. The molecule has 0 radical (unpaired) electrons. The molecule has 1 aromatic rings. The third-order valence-electron chi connectivity index (χ3n) is 3.47. The summed E-state index contributed by atoms with van der Waals surface area (Å²) in [5, 5.41) is 6.93. The van der Waals surface area contributed by atoms with E-state index in [1.54, 1.807) is 0 Å². The fraction of sp³-hybridized carbons (Fsp3) is 0.571. The van der Waals surface area contributed by atoms with E-state index in [1.807, 2.05) is 25.1 Å². The van der Waals surface area contributed by atoms with E-state index in [1.165, 1.54) is 6.42 Å². The van der Waals surface area contributed by atoms with Crippen molar-refractivity contribution in [3.63, 3.8) is 0 Å². The van der Waals surface area contributed by atoms with Crippen LogP contribution in [-0.4, -0.2) is 33.8 Å². The van der Waals surface area contributed by atoms with E-state index in [0.29, 0.717) is 11.7 Å². The van der Waals surface area contributed by atoms with E-state index in [9.17, 15) is 8.42 Å². The van der Waals surface area contributed by atoms with Crippen LogP contribution in [0, 0.1) is 6.92 Å². The summed E-state index contributed by atoms with van der Waals surface area (Å²) >= 11 is 0. The van der Waals surface area contributed by atoms with Gasteiger partial charge in [-0.25, -0.2) is 8.42 Å². The van der Waals surface area contributed by atoms with Crippen LogP contribution in [0.25, 0.3) is 0 Å². The van der Waals surface area contributed by atoms with Gasteiger partial charge in [0.05, 0.1) is 11.9 Å². The van der Waals surface area contributed by atoms with Crippen LogP contribution in [0.1, 0.15) is 24.8 Å². The van der Waals surface area contributed by atoms with Crippen LogP contribution >= 0.6 is 0 Å². The minimum Gasteiger partial charge on any atom is -0.382 e. The maximum atomic E-state index is 11.3. The predicted octanol–water partition coefficient (Wildman–Crippen LogP) is 1.92. The molecule has 1 saturated heterocycles. The van der Waals surface area contributed by atoms with E-state index >= 15 is 0 Å². The lowest BCUT2D eigenvalue weighted by atomic mass is 10.1. The summed E-state index contributed by atoms with van der Waals surface area (Å²) < 4.78 is 25.0. The fourth-order valence-electron chi connectivity index (χ4n) is 2.47. The van der Waals surface area contributed by atoms with Gasteiger partial charge in [-0.2, -0.15) is 0 Å². The molecule has 1 aliphatic rings. The van der Waals surface area contributed by atoms with Gasteiger partial charge in [-0.05, 0) is 63.0 Å². The van der Waals surface area contributed by atoms with E-state index in [0.717, 1.165) is 43.4 Å². The zero-order chi connectivity index (χ0) is 14.6. The molecule has 1 fully saturated rings. The van der Waals surface area contributed by atoms with Gasteiger partial charge in [0, 0.05) is 11.7 Å². The van der Waals surface area contributed by atoms with Crippen LogP contribution in [0.4, 0.5) is 11.4 Å². The second-order valence-corrected chi connectivity index (χ2v) is 7.17. The molecule has 1 heterocycles. The lowest BCUT2D eigenvalue weighted by Crippen LogP contribution is -2.21. The smallest absolute Gasteiger partial charge is 0.229 e. The third-order valence-corrected chi connectivity index (χ3v) is 4.06. The van der Waals surface area contributed by atoms with Gasteiger partial charge in [0.1, 0.15) is 0 Å². The second kappa shape index (κ2) is 6.45. The summed E-state index contributed by atoms with van der Waals surface area (Å²) in [5.41, 5.74) is 2.61. The summed E-state index contributed by atoms with van der Waals surface area (Å²) in [4.78, 5) is 0. The molecule has 0 spiro atoms. The fourth-order valence-corrected chi connectivity index (χ4v) is 3.10. The van der Waals surface area contributed by atoms with Gasteiger partial charge in [-0.15, -0.1) is 0 Å². The Kier molecular flexibility index (Phi) is 4.88. The Bertz CT molecular complexity index is 550. The lowest BCUT2D eigenvalue weighted by molar-refractivity contribution is 0.606. The largest absolute Gasteiger partial charge is 0.382 e. The maximum Gasteiger partial charge on any atom is 0.229 e. The predicted molar refractivity (Wildman–Crippen MR) is 83.8 cm³/mol. The first-order chi connectivity index (χ1) is 9.44. The first kappa shape index (κ1) is 15.1. The topological polar surface area (TPSA) is 70.2 Å². The molecular formula is C14H23N3O2S. The van der Waals surface area contributed by atoms with Gasteiger partial charge in [-0.1, -0.05) is 0 Å². The molecule has 0 saturated carbocycles. The quantitative estimate of drug-likeness (QED) is 0.794. The molecule has 0 aromatic heterocycles. The highest BCUT2D eigenvalue weighted by atomic mass is 32.2. The number of rotatable bonds is 4. The van der Waals surface area contributed by atoms with Crippen molar-refractivity contribution in [2.75, 3.05) is 29.4 Å². The Labute approximate surface area is 121 Å². The molecule has 3 N–H and O–H groups in total. The zero-order valence-corrected chi connectivity index (χ0v) is 12.9. The first-order valence-electron chi connectivity index (χ1n) is 7.00. The van der Waals surface area contributed by atoms with Gasteiger partial charge >= 0.3 is 0 Å². The zero-order valence-electron chi connectivity index (χ0n) is 12.1. The molecule has 5 nitrogen and oxygen atoms in total. The number of anilines is 2. The molecule has 1 atom stereocenters. The molecular weight excluding hydrogens is 274 g/mol. The van der Waals surface area contributed by atoms with Gasteiger partial charge in [0.25, 0.3) is 0 Å². The number of hydrogen-bond acceptors (Lipinski definition) is 4. The average molecular weight is 297 g/mol. The van der Waals surface area contributed by atoms with E-state index in [4.69, 9.17) is 0 Å². The van der Waals surface area contributed by atoms with Gasteiger partial charge in [0.2, 0.25) is 10.0 Å². The summed E-state index contributed by atoms with van der Waals surface area (Å²) in [5.74, 6) is 0. The Balaban J connectivity index is 2.04. The van der Waals surface area contributed by atoms with Gasteiger partial charge in [0.15, 0.2) is 0 Å². The lowest BCUT2D eigenvalue weighted by Gasteiger charge is -2.18. The highest BCUT2D eigenvalue weighted by Gasteiger charge is 2.12. The molecule has 0 bridgehead atoms. The van der Waals surface area contributed by atoms with Crippen LogP contribution in [0.2, 0.25) is 0 Å². The monoisotopic (exact) mass is 297 g/mol. The number of hydrogen-bond donors (Lipinski definition) is 3. The van der Waals surface area contributed by atoms with Crippen LogP contribution in [0.5, 0.6) is 0 Å². The van der Waals surface area contributed by atoms with Crippen molar-refractivity contribution in [1.82, 2.24) is 5.32 Å². The highest BCUT2D eigenvalue weighted by molar-refractivity contribution is 7.92. The molecule has 1 unspecified atom stereocenters. The molecule has 2 rings (SSSR count). The van der Waals surface area contributed by atoms with Crippen molar-refractivity contribution in [3.8, 4) is 0 Å². The van der Waals surface area contributed by atoms with Gasteiger partial charge in [-0.3, -0.25) is 4.72 Å².